The molecule has 0 spiro atoms. The van der Waals surface area contributed by atoms with Crippen LogP contribution in [0.1, 0.15) is 32.6 Å². The summed E-state index contributed by atoms with van der Waals surface area (Å²) in [6, 6.07) is 0.307. The van der Waals surface area contributed by atoms with Crippen molar-refractivity contribution in [2.45, 2.75) is 38.6 Å². The number of aliphatic hydroxyl groups is 1. The Kier molecular flexibility index (Phi) is 5.72. The summed E-state index contributed by atoms with van der Waals surface area (Å²) in [5, 5.41) is 12.4. The summed E-state index contributed by atoms with van der Waals surface area (Å²) in [6.45, 7) is 2.60. The lowest BCUT2D eigenvalue weighted by Gasteiger charge is -2.18. The lowest BCUT2D eigenvalue weighted by molar-refractivity contribution is 0.206. The number of hydrogen-bond acceptors (Lipinski definition) is 4. The van der Waals surface area contributed by atoms with Gasteiger partial charge in [-0.3, -0.25) is 0 Å². The van der Waals surface area contributed by atoms with Gasteiger partial charge in [0.15, 0.2) is 9.84 Å². The second-order valence-electron chi connectivity index (χ2n) is 4.59. The predicted molar refractivity (Wildman–Crippen MR) is 65.2 cm³/mol. The van der Waals surface area contributed by atoms with Crippen molar-refractivity contribution in [3.05, 3.63) is 0 Å². The van der Waals surface area contributed by atoms with Crippen LogP contribution in [0.25, 0.3) is 0 Å². The van der Waals surface area contributed by atoms with Crippen LogP contribution in [0.2, 0.25) is 0 Å². The SMILES string of the molecule is CCCS(=O)(=O)CCNC1CCCC1CO. The molecule has 1 aliphatic rings. The van der Waals surface area contributed by atoms with E-state index in [4.69, 9.17) is 5.11 Å². The van der Waals surface area contributed by atoms with Gasteiger partial charge < -0.3 is 10.4 Å². The van der Waals surface area contributed by atoms with E-state index in [-0.39, 0.29) is 18.1 Å². The van der Waals surface area contributed by atoms with Crippen LogP contribution in [-0.2, 0) is 9.84 Å². The van der Waals surface area contributed by atoms with Crippen molar-refractivity contribution in [1.29, 1.82) is 0 Å². The molecule has 4 nitrogen and oxygen atoms in total. The van der Waals surface area contributed by atoms with Crippen molar-refractivity contribution in [2.75, 3.05) is 24.7 Å². The van der Waals surface area contributed by atoms with Gasteiger partial charge in [-0.2, -0.15) is 0 Å². The van der Waals surface area contributed by atoms with Crippen LogP contribution in [0, 0.1) is 5.92 Å². The molecule has 0 bridgehead atoms. The molecule has 1 rings (SSSR count). The first-order chi connectivity index (χ1) is 7.59. The zero-order chi connectivity index (χ0) is 12.0. The second-order valence-corrected chi connectivity index (χ2v) is 6.89. The molecule has 0 aromatic rings. The van der Waals surface area contributed by atoms with Gasteiger partial charge in [-0.15, -0.1) is 0 Å². The van der Waals surface area contributed by atoms with Gasteiger partial charge >= 0.3 is 0 Å². The van der Waals surface area contributed by atoms with E-state index in [2.05, 4.69) is 5.32 Å². The van der Waals surface area contributed by atoms with Crippen molar-refractivity contribution in [1.82, 2.24) is 5.32 Å². The molecule has 0 aromatic carbocycles. The zero-order valence-corrected chi connectivity index (χ0v) is 10.8. The minimum absolute atomic E-state index is 0.208. The summed E-state index contributed by atoms with van der Waals surface area (Å²) in [4.78, 5) is 0. The van der Waals surface area contributed by atoms with Crippen molar-refractivity contribution in [3.8, 4) is 0 Å². The van der Waals surface area contributed by atoms with E-state index in [9.17, 15) is 8.42 Å². The Morgan fingerprint density at radius 3 is 2.69 bits per heavy atom. The molecule has 2 unspecified atom stereocenters. The summed E-state index contributed by atoms with van der Waals surface area (Å²) < 4.78 is 22.9. The van der Waals surface area contributed by atoms with Gasteiger partial charge in [0.25, 0.3) is 0 Å². The summed E-state index contributed by atoms with van der Waals surface area (Å²) in [6.07, 6.45) is 3.92. The first-order valence-electron chi connectivity index (χ1n) is 6.13. The average Bonchev–Trinajstić information content (AvgIpc) is 2.64. The Morgan fingerprint density at radius 2 is 2.06 bits per heavy atom. The molecular weight excluding hydrogens is 226 g/mol. The molecule has 5 heteroatoms. The monoisotopic (exact) mass is 249 g/mol. The lowest BCUT2D eigenvalue weighted by Crippen LogP contribution is -2.37. The summed E-state index contributed by atoms with van der Waals surface area (Å²) in [5.41, 5.74) is 0. The van der Waals surface area contributed by atoms with Crippen LogP contribution >= 0.6 is 0 Å². The number of hydrogen-bond donors (Lipinski definition) is 2. The molecule has 0 saturated heterocycles. The maximum Gasteiger partial charge on any atom is 0.151 e. The molecule has 1 fully saturated rings. The first-order valence-corrected chi connectivity index (χ1v) is 7.96. The molecule has 0 heterocycles. The molecule has 0 aromatic heterocycles. The van der Waals surface area contributed by atoms with Gasteiger partial charge in [0.1, 0.15) is 0 Å². The van der Waals surface area contributed by atoms with Gasteiger partial charge in [0, 0.05) is 24.9 Å². The Labute approximate surface area is 98.4 Å². The Morgan fingerprint density at radius 1 is 1.31 bits per heavy atom. The standard InChI is InChI=1S/C11H23NO3S/c1-2-7-16(14,15)8-6-12-11-5-3-4-10(11)9-13/h10-13H,2-9H2,1H3. The van der Waals surface area contributed by atoms with Gasteiger partial charge in [0.05, 0.1) is 5.75 Å². The number of sulfone groups is 1. The largest absolute Gasteiger partial charge is 0.396 e. The lowest BCUT2D eigenvalue weighted by atomic mass is 10.1. The molecule has 1 saturated carbocycles. The van der Waals surface area contributed by atoms with Crippen molar-refractivity contribution in [2.24, 2.45) is 5.92 Å². The Balaban J connectivity index is 2.25. The molecular formula is C11H23NO3S. The molecule has 2 atom stereocenters. The molecule has 0 amide bonds. The van der Waals surface area contributed by atoms with Crippen LogP contribution in [0.4, 0.5) is 0 Å². The van der Waals surface area contributed by atoms with E-state index in [1.165, 1.54) is 0 Å². The molecule has 16 heavy (non-hydrogen) atoms. The van der Waals surface area contributed by atoms with Gasteiger partial charge in [-0.25, -0.2) is 8.42 Å². The van der Waals surface area contributed by atoms with E-state index >= 15 is 0 Å². The molecule has 1 aliphatic carbocycles. The molecule has 0 radical (unpaired) electrons. The van der Waals surface area contributed by atoms with Gasteiger partial charge in [0.2, 0.25) is 0 Å². The van der Waals surface area contributed by atoms with E-state index in [1.54, 1.807) is 0 Å². The highest BCUT2D eigenvalue weighted by Gasteiger charge is 2.26. The highest BCUT2D eigenvalue weighted by Crippen LogP contribution is 2.24. The van der Waals surface area contributed by atoms with Gasteiger partial charge in [-0.1, -0.05) is 13.3 Å². The summed E-state index contributed by atoms with van der Waals surface area (Å²) in [5.74, 6) is 0.812. The second kappa shape index (κ2) is 6.57. The fourth-order valence-electron chi connectivity index (χ4n) is 2.34. The van der Waals surface area contributed by atoms with E-state index in [0.717, 1.165) is 19.3 Å². The van der Waals surface area contributed by atoms with E-state index in [0.29, 0.717) is 24.9 Å². The van der Waals surface area contributed by atoms with Crippen molar-refractivity contribution in [3.63, 3.8) is 0 Å². The van der Waals surface area contributed by atoms with Crippen molar-refractivity contribution < 1.29 is 13.5 Å². The summed E-state index contributed by atoms with van der Waals surface area (Å²) >= 11 is 0. The van der Waals surface area contributed by atoms with Crippen molar-refractivity contribution >= 4 is 9.84 Å². The minimum atomic E-state index is -2.87. The first kappa shape index (κ1) is 13.9. The van der Waals surface area contributed by atoms with E-state index < -0.39 is 9.84 Å². The molecule has 0 aliphatic heterocycles. The quantitative estimate of drug-likeness (QED) is 0.692. The predicted octanol–water partition coefficient (Wildman–Crippen LogP) is 0.562. The fourth-order valence-corrected chi connectivity index (χ4v) is 3.59. The maximum atomic E-state index is 11.5. The highest BCUT2D eigenvalue weighted by molar-refractivity contribution is 7.91. The molecule has 96 valence electrons. The zero-order valence-electron chi connectivity index (χ0n) is 9.98. The number of nitrogens with one attached hydrogen (secondary N) is 1. The van der Waals surface area contributed by atoms with Crippen LogP contribution in [0.3, 0.4) is 0 Å². The molecule has 2 N–H and O–H groups in total. The third kappa shape index (κ3) is 4.39. The van der Waals surface area contributed by atoms with Gasteiger partial charge in [-0.05, 0) is 25.2 Å². The van der Waals surface area contributed by atoms with E-state index in [1.807, 2.05) is 6.92 Å². The Hall–Kier alpha value is -0.130. The fraction of sp³-hybridized carbons (Fsp3) is 1.00. The topological polar surface area (TPSA) is 66.4 Å². The number of aliphatic hydroxyl groups excluding tert-OH is 1. The normalized spacial score (nSPS) is 26.1. The van der Waals surface area contributed by atoms with Crippen LogP contribution in [0.5, 0.6) is 0 Å². The average molecular weight is 249 g/mol. The summed E-state index contributed by atoms with van der Waals surface area (Å²) in [7, 11) is -2.87. The van der Waals surface area contributed by atoms with Crippen LogP contribution < -0.4 is 5.32 Å². The third-order valence-electron chi connectivity index (χ3n) is 3.23. The maximum absolute atomic E-state index is 11.5. The third-order valence-corrected chi connectivity index (χ3v) is 5.08. The van der Waals surface area contributed by atoms with Crippen LogP contribution in [-0.4, -0.2) is 44.2 Å². The smallest absolute Gasteiger partial charge is 0.151 e. The highest BCUT2D eigenvalue weighted by atomic mass is 32.2. The number of rotatable bonds is 7. The van der Waals surface area contributed by atoms with Crippen LogP contribution in [0.15, 0.2) is 0 Å². The Bertz CT molecular complexity index is 290. The minimum Gasteiger partial charge on any atom is -0.396 e.